The van der Waals surface area contributed by atoms with Crippen LogP contribution in [0.1, 0.15) is 27.4 Å². The highest BCUT2D eigenvalue weighted by Gasteiger charge is 2.20. The molecule has 3 rings (SSSR count). The van der Waals surface area contributed by atoms with Crippen LogP contribution in [0.2, 0.25) is 0 Å². The van der Waals surface area contributed by atoms with E-state index >= 15 is 0 Å². The van der Waals surface area contributed by atoms with Crippen LogP contribution in [0.3, 0.4) is 0 Å². The highest BCUT2D eigenvalue weighted by atomic mass is 16.5. The molecule has 2 heterocycles. The van der Waals surface area contributed by atoms with Gasteiger partial charge in [-0.3, -0.25) is 4.90 Å². The van der Waals surface area contributed by atoms with E-state index in [1.54, 1.807) is 0 Å². The van der Waals surface area contributed by atoms with Crippen molar-refractivity contribution in [3.8, 4) is 0 Å². The Hall–Kier alpha value is -2.14. The van der Waals surface area contributed by atoms with E-state index in [1.807, 2.05) is 12.1 Å². The van der Waals surface area contributed by atoms with Crippen LogP contribution in [0, 0.1) is 0 Å². The molecule has 0 aliphatic carbocycles. The van der Waals surface area contributed by atoms with E-state index < -0.39 is 5.97 Å². The van der Waals surface area contributed by atoms with E-state index in [2.05, 4.69) is 22.2 Å². The lowest BCUT2D eigenvalue weighted by Gasteiger charge is -2.11. The van der Waals surface area contributed by atoms with Crippen molar-refractivity contribution in [2.24, 2.45) is 0 Å². The van der Waals surface area contributed by atoms with Gasteiger partial charge in [-0.2, -0.15) is 0 Å². The van der Waals surface area contributed by atoms with Gasteiger partial charge >= 0.3 is 5.97 Å². The Morgan fingerprint density at radius 3 is 2.56 bits per heavy atom. The molecule has 0 spiro atoms. The van der Waals surface area contributed by atoms with Crippen LogP contribution in [-0.4, -0.2) is 21.1 Å². The van der Waals surface area contributed by atoms with E-state index in [0.717, 1.165) is 13.1 Å². The zero-order valence-corrected chi connectivity index (χ0v) is 9.67. The molecular weight excluding hydrogens is 232 g/mol. The lowest BCUT2D eigenvalue weighted by molar-refractivity contribution is 0.0685. The maximum atomic E-state index is 10.7. The van der Waals surface area contributed by atoms with Crippen LogP contribution in [0.4, 0.5) is 0 Å². The number of benzene rings is 1. The van der Waals surface area contributed by atoms with Gasteiger partial charge in [0.1, 0.15) is 0 Å². The lowest BCUT2D eigenvalue weighted by atomic mass is 10.1. The number of aromatic carboxylic acids is 1. The molecule has 1 aromatic heterocycles. The average molecular weight is 244 g/mol. The second kappa shape index (κ2) is 4.27. The minimum absolute atomic E-state index is 0.0401. The molecule has 1 aliphatic rings. The molecule has 0 unspecified atom stereocenters. The van der Waals surface area contributed by atoms with E-state index in [4.69, 9.17) is 9.63 Å². The maximum Gasteiger partial charge on any atom is 0.358 e. The summed E-state index contributed by atoms with van der Waals surface area (Å²) in [5.41, 5.74) is 2.59. The number of nitrogens with zero attached hydrogens (tertiary/aromatic N) is 2. The van der Waals surface area contributed by atoms with Gasteiger partial charge < -0.3 is 9.63 Å². The highest BCUT2D eigenvalue weighted by molar-refractivity contribution is 5.85. The first kappa shape index (κ1) is 11.0. The number of aromatic nitrogens is 1. The molecule has 0 saturated heterocycles. The van der Waals surface area contributed by atoms with Crippen LogP contribution < -0.4 is 0 Å². The highest BCUT2D eigenvalue weighted by Crippen LogP contribution is 2.23. The molecule has 2 aromatic rings. The molecule has 1 aromatic carbocycles. The Kier molecular flexibility index (Phi) is 2.60. The summed E-state index contributed by atoms with van der Waals surface area (Å²) in [5, 5.41) is 12.3. The number of fused-ring (bicyclic) bond motifs is 1. The van der Waals surface area contributed by atoms with Crippen LogP contribution in [-0.2, 0) is 19.6 Å². The van der Waals surface area contributed by atoms with Crippen LogP contribution in [0.15, 0.2) is 34.9 Å². The number of hydrogen-bond acceptors (Lipinski definition) is 4. The Labute approximate surface area is 104 Å². The average Bonchev–Trinajstić information content (AvgIpc) is 2.94. The van der Waals surface area contributed by atoms with Gasteiger partial charge in [0.05, 0.1) is 6.54 Å². The molecule has 0 saturated carbocycles. The van der Waals surface area contributed by atoms with Gasteiger partial charge in [0.25, 0.3) is 0 Å². The van der Waals surface area contributed by atoms with Gasteiger partial charge in [0, 0.05) is 19.2 Å². The molecule has 0 bridgehead atoms. The van der Waals surface area contributed by atoms with Crippen LogP contribution in [0.25, 0.3) is 0 Å². The molecule has 92 valence electrons. The second-order valence-electron chi connectivity index (χ2n) is 4.40. The van der Waals surface area contributed by atoms with Crippen molar-refractivity contribution >= 4 is 5.97 Å². The maximum absolute atomic E-state index is 10.7. The second-order valence-corrected chi connectivity index (χ2v) is 4.40. The van der Waals surface area contributed by atoms with E-state index in [0.29, 0.717) is 12.3 Å². The van der Waals surface area contributed by atoms with E-state index in [1.165, 1.54) is 17.2 Å². The van der Waals surface area contributed by atoms with E-state index in [-0.39, 0.29) is 5.69 Å². The normalized spacial score (nSPS) is 14.7. The van der Waals surface area contributed by atoms with Gasteiger partial charge in [-0.1, -0.05) is 29.4 Å². The van der Waals surface area contributed by atoms with E-state index in [9.17, 15) is 4.79 Å². The third-order valence-corrected chi connectivity index (χ3v) is 3.06. The fraction of sp³-hybridized carbons (Fsp3) is 0.231. The summed E-state index contributed by atoms with van der Waals surface area (Å²) in [4.78, 5) is 12.9. The summed E-state index contributed by atoms with van der Waals surface area (Å²) < 4.78 is 5.01. The predicted molar refractivity (Wildman–Crippen MR) is 62.9 cm³/mol. The first-order valence-corrected chi connectivity index (χ1v) is 5.70. The van der Waals surface area contributed by atoms with Crippen molar-refractivity contribution in [1.29, 1.82) is 0 Å². The molecule has 0 amide bonds. The van der Waals surface area contributed by atoms with Crippen molar-refractivity contribution in [2.75, 3.05) is 0 Å². The van der Waals surface area contributed by atoms with Crippen LogP contribution >= 0.6 is 0 Å². The molecule has 1 aliphatic heterocycles. The van der Waals surface area contributed by atoms with Crippen molar-refractivity contribution in [2.45, 2.75) is 19.6 Å². The van der Waals surface area contributed by atoms with Gasteiger partial charge in [0.2, 0.25) is 0 Å². The summed E-state index contributed by atoms with van der Waals surface area (Å²) in [7, 11) is 0. The number of carboxylic acid groups (broad SMARTS) is 1. The summed E-state index contributed by atoms with van der Waals surface area (Å²) in [6, 6.07) is 9.75. The standard InChI is InChI=1S/C13H12N2O3/c16-13(17)12-5-11(18-14-12)8-15-6-9-3-1-2-4-10(9)7-15/h1-5H,6-8H2,(H,16,17). The van der Waals surface area contributed by atoms with Gasteiger partial charge in [-0.05, 0) is 11.1 Å². The fourth-order valence-corrected chi connectivity index (χ4v) is 2.22. The lowest BCUT2D eigenvalue weighted by Crippen LogP contribution is -2.15. The van der Waals surface area contributed by atoms with Crippen LogP contribution in [0.5, 0.6) is 0 Å². The van der Waals surface area contributed by atoms with Gasteiger partial charge in [-0.25, -0.2) is 4.79 Å². The van der Waals surface area contributed by atoms with Crippen molar-refractivity contribution in [3.05, 3.63) is 52.9 Å². The Bertz CT molecular complexity index is 566. The fourth-order valence-electron chi connectivity index (χ4n) is 2.22. The first-order valence-electron chi connectivity index (χ1n) is 5.70. The molecule has 5 nitrogen and oxygen atoms in total. The molecule has 18 heavy (non-hydrogen) atoms. The topological polar surface area (TPSA) is 66.6 Å². The number of hydrogen-bond donors (Lipinski definition) is 1. The molecule has 0 fully saturated rings. The summed E-state index contributed by atoms with van der Waals surface area (Å²) in [5.74, 6) is -0.477. The third-order valence-electron chi connectivity index (χ3n) is 3.06. The Morgan fingerprint density at radius 1 is 1.33 bits per heavy atom. The van der Waals surface area contributed by atoms with Gasteiger partial charge in [0.15, 0.2) is 11.5 Å². The van der Waals surface area contributed by atoms with Gasteiger partial charge in [-0.15, -0.1) is 0 Å². The van der Waals surface area contributed by atoms with Crippen molar-refractivity contribution in [3.63, 3.8) is 0 Å². The number of carboxylic acids is 1. The first-order chi connectivity index (χ1) is 8.72. The largest absolute Gasteiger partial charge is 0.476 e. The smallest absolute Gasteiger partial charge is 0.358 e. The summed E-state index contributed by atoms with van der Waals surface area (Å²) in [6.45, 7) is 2.30. The third kappa shape index (κ3) is 2.00. The van der Waals surface area contributed by atoms with Crippen molar-refractivity contribution < 1.29 is 14.4 Å². The molecular formula is C13H12N2O3. The Balaban J connectivity index is 1.70. The quantitative estimate of drug-likeness (QED) is 0.893. The SMILES string of the molecule is O=C(O)c1cc(CN2Cc3ccccc3C2)on1. The zero-order chi connectivity index (χ0) is 12.5. The molecule has 1 N–H and O–H groups in total. The number of carbonyl (C=O) groups is 1. The monoisotopic (exact) mass is 244 g/mol. The summed E-state index contributed by atoms with van der Waals surface area (Å²) in [6.07, 6.45) is 0. The minimum Gasteiger partial charge on any atom is -0.476 e. The number of rotatable bonds is 3. The predicted octanol–water partition coefficient (Wildman–Crippen LogP) is 1.89. The summed E-state index contributed by atoms with van der Waals surface area (Å²) >= 11 is 0. The zero-order valence-electron chi connectivity index (χ0n) is 9.67. The van der Waals surface area contributed by atoms with Crippen molar-refractivity contribution in [1.82, 2.24) is 10.1 Å². The minimum atomic E-state index is -1.06. The Morgan fingerprint density at radius 2 is 2.00 bits per heavy atom. The molecule has 0 radical (unpaired) electrons. The molecule has 0 atom stereocenters. The molecule has 5 heteroatoms.